The second kappa shape index (κ2) is 10.6. The zero-order valence-corrected chi connectivity index (χ0v) is 16.1. The second-order valence-electron chi connectivity index (χ2n) is 5.64. The molecule has 0 aliphatic rings. The predicted octanol–water partition coefficient (Wildman–Crippen LogP) is 4.43. The molecule has 1 rings (SSSR count). The average molecular weight is 373 g/mol. The third-order valence-corrected chi connectivity index (χ3v) is 4.62. The second-order valence-corrected chi connectivity index (χ2v) is 6.46. The molecule has 0 spiro atoms. The predicted molar refractivity (Wildman–Crippen MR) is 99.3 cm³/mol. The lowest BCUT2D eigenvalue weighted by Crippen LogP contribution is -2.49. The first-order valence-corrected chi connectivity index (χ1v) is 9.21. The number of carbonyl (C=O) groups excluding carboxylic acids is 2. The molecule has 0 radical (unpaired) electrons. The zero-order valence-electron chi connectivity index (χ0n) is 14.6. The number of nitrogens with one attached hydrogen (secondary N) is 1. The van der Waals surface area contributed by atoms with Crippen molar-refractivity contribution in [1.29, 1.82) is 0 Å². The van der Waals surface area contributed by atoms with Crippen LogP contribution in [0.5, 0.6) is 0 Å². The van der Waals surface area contributed by atoms with Gasteiger partial charge in [-0.1, -0.05) is 56.5 Å². The number of amides is 2. The van der Waals surface area contributed by atoms with Gasteiger partial charge in [-0.05, 0) is 25.0 Å². The highest BCUT2D eigenvalue weighted by molar-refractivity contribution is 6.36. The molecule has 134 valence electrons. The maximum atomic E-state index is 12.5. The Hall–Kier alpha value is -1.26. The summed E-state index contributed by atoms with van der Waals surface area (Å²) < 4.78 is 0. The molecule has 0 heterocycles. The van der Waals surface area contributed by atoms with Gasteiger partial charge in [0, 0.05) is 35.1 Å². The smallest absolute Gasteiger partial charge is 0.242 e. The van der Waals surface area contributed by atoms with Gasteiger partial charge in [-0.2, -0.15) is 0 Å². The van der Waals surface area contributed by atoms with Gasteiger partial charge in [0.25, 0.3) is 0 Å². The molecule has 0 saturated carbocycles. The molecule has 1 N–H and O–H groups in total. The molecule has 0 aliphatic carbocycles. The number of carbonyl (C=O) groups is 2. The number of halogens is 2. The van der Waals surface area contributed by atoms with Gasteiger partial charge in [0.15, 0.2) is 0 Å². The van der Waals surface area contributed by atoms with Crippen LogP contribution in [-0.2, 0) is 16.1 Å². The minimum Gasteiger partial charge on any atom is -0.354 e. The first-order chi connectivity index (χ1) is 11.5. The lowest BCUT2D eigenvalue weighted by atomic mass is 10.1. The molecule has 1 atom stereocenters. The summed E-state index contributed by atoms with van der Waals surface area (Å²) in [6.45, 7) is 6.59. The first kappa shape index (κ1) is 20.8. The van der Waals surface area contributed by atoms with Gasteiger partial charge in [-0.3, -0.25) is 9.59 Å². The molecule has 0 fully saturated rings. The largest absolute Gasteiger partial charge is 0.354 e. The van der Waals surface area contributed by atoms with E-state index in [1.807, 2.05) is 6.92 Å². The van der Waals surface area contributed by atoms with Crippen molar-refractivity contribution in [3.05, 3.63) is 33.8 Å². The summed E-state index contributed by atoms with van der Waals surface area (Å²) in [5.41, 5.74) is 0.669. The van der Waals surface area contributed by atoms with E-state index in [0.717, 1.165) is 12.8 Å². The fourth-order valence-corrected chi connectivity index (χ4v) is 3.00. The van der Waals surface area contributed by atoms with Crippen LogP contribution in [0.2, 0.25) is 10.0 Å². The summed E-state index contributed by atoms with van der Waals surface area (Å²) in [4.78, 5) is 26.5. The van der Waals surface area contributed by atoms with E-state index in [9.17, 15) is 9.59 Å². The standard InChI is InChI=1S/C18H26Cl2N2O2/c1-4-7-11-21-18(24)16(5-2)22(17(23)6-3)12-13-14(19)9-8-10-15(13)20/h8-10,16H,4-7,11-12H2,1-3H3,(H,21,24)/t16-/m0/s1. The molecular formula is C18H26Cl2N2O2. The Labute approximate surface area is 154 Å². The van der Waals surface area contributed by atoms with Crippen molar-refractivity contribution in [1.82, 2.24) is 10.2 Å². The normalized spacial score (nSPS) is 11.9. The van der Waals surface area contributed by atoms with Crippen LogP contribution in [0.3, 0.4) is 0 Å². The molecule has 1 aromatic rings. The molecule has 1 aromatic carbocycles. The Balaban J connectivity index is 3.02. The summed E-state index contributed by atoms with van der Waals surface area (Å²) in [7, 11) is 0. The number of rotatable bonds is 9. The van der Waals surface area contributed by atoms with Gasteiger partial charge < -0.3 is 10.2 Å². The van der Waals surface area contributed by atoms with Gasteiger partial charge in [0.1, 0.15) is 6.04 Å². The highest BCUT2D eigenvalue weighted by Gasteiger charge is 2.28. The van der Waals surface area contributed by atoms with Crippen LogP contribution >= 0.6 is 23.2 Å². The van der Waals surface area contributed by atoms with E-state index in [0.29, 0.717) is 35.0 Å². The van der Waals surface area contributed by atoms with Gasteiger partial charge in [-0.25, -0.2) is 0 Å². The molecule has 0 aliphatic heterocycles. The van der Waals surface area contributed by atoms with E-state index >= 15 is 0 Å². The van der Waals surface area contributed by atoms with Crippen LogP contribution in [0, 0.1) is 0 Å². The van der Waals surface area contributed by atoms with E-state index in [4.69, 9.17) is 23.2 Å². The molecule has 0 unspecified atom stereocenters. The van der Waals surface area contributed by atoms with Crippen LogP contribution in [0.4, 0.5) is 0 Å². The molecule has 0 saturated heterocycles. The minimum atomic E-state index is -0.526. The molecule has 0 aromatic heterocycles. The van der Waals surface area contributed by atoms with Crippen LogP contribution in [-0.4, -0.2) is 29.3 Å². The van der Waals surface area contributed by atoms with E-state index < -0.39 is 6.04 Å². The molecule has 6 heteroatoms. The highest BCUT2D eigenvalue weighted by atomic mass is 35.5. The Morgan fingerprint density at radius 3 is 2.29 bits per heavy atom. The number of hydrogen-bond acceptors (Lipinski definition) is 2. The first-order valence-electron chi connectivity index (χ1n) is 8.46. The fraction of sp³-hybridized carbons (Fsp3) is 0.556. The summed E-state index contributed by atoms with van der Waals surface area (Å²) in [6.07, 6.45) is 2.77. The van der Waals surface area contributed by atoms with Crippen LogP contribution in [0.25, 0.3) is 0 Å². The number of benzene rings is 1. The van der Waals surface area contributed by atoms with Gasteiger partial charge in [0.05, 0.1) is 0 Å². The Bertz CT molecular complexity index is 544. The van der Waals surface area contributed by atoms with Crippen LogP contribution in [0.1, 0.15) is 52.0 Å². The van der Waals surface area contributed by atoms with E-state index in [2.05, 4.69) is 12.2 Å². The van der Waals surface area contributed by atoms with Crippen molar-refractivity contribution in [2.24, 2.45) is 0 Å². The van der Waals surface area contributed by atoms with Gasteiger partial charge in [-0.15, -0.1) is 0 Å². The van der Waals surface area contributed by atoms with Crippen molar-refractivity contribution in [2.45, 2.75) is 59.0 Å². The monoisotopic (exact) mass is 372 g/mol. The lowest BCUT2D eigenvalue weighted by Gasteiger charge is -2.31. The Kier molecular flexibility index (Phi) is 9.16. The molecule has 4 nitrogen and oxygen atoms in total. The molecule has 0 bridgehead atoms. The Morgan fingerprint density at radius 2 is 1.79 bits per heavy atom. The third-order valence-electron chi connectivity index (χ3n) is 3.91. The number of nitrogens with zero attached hydrogens (tertiary/aromatic N) is 1. The van der Waals surface area contributed by atoms with Crippen LogP contribution in [0.15, 0.2) is 18.2 Å². The van der Waals surface area contributed by atoms with E-state index in [1.54, 1.807) is 30.0 Å². The topological polar surface area (TPSA) is 49.4 Å². The van der Waals surface area contributed by atoms with Crippen molar-refractivity contribution >= 4 is 35.0 Å². The van der Waals surface area contributed by atoms with Crippen LogP contribution < -0.4 is 5.32 Å². The summed E-state index contributed by atoms with van der Waals surface area (Å²) in [6, 6.07) is 4.70. The minimum absolute atomic E-state index is 0.0940. The summed E-state index contributed by atoms with van der Waals surface area (Å²) in [5.74, 6) is -0.223. The van der Waals surface area contributed by atoms with Crippen molar-refractivity contribution in [2.75, 3.05) is 6.54 Å². The third kappa shape index (κ3) is 5.67. The molecule has 2 amide bonds. The highest BCUT2D eigenvalue weighted by Crippen LogP contribution is 2.27. The van der Waals surface area contributed by atoms with E-state index in [1.165, 1.54) is 0 Å². The fourth-order valence-electron chi connectivity index (χ4n) is 2.48. The SMILES string of the molecule is CCCCNC(=O)[C@H](CC)N(Cc1c(Cl)cccc1Cl)C(=O)CC. The summed E-state index contributed by atoms with van der Waals surface area (Å²) >= 11 is 12.5. The summed E-state index contributed by atoms with van der Waals surface area (Å²) in [5, 5.41) is 3.91. The quantitative estimate of drug-likeness (QED) is 0.651. The zero-order chi connectivity index (χ0) is 18.1. The number of unbranched alkanes of at least 4 members (excludes halogenated alkanes) is 1. The number of hydrogen-bond donors (Lipinski definition) is 1. The lowest BCUT2D eigenvalue weighted by molar-refractivity contribution is -0.141. The van der Waals surface area contributed by atoms with Crippen molar-refractivity contribution < 1.29 is 9.59 Å². The Morgan fingerprint density at radius 1 is 1.17 bits per heavy atom. The van der Waals surface area contributed by atoms with E-state index in [-0.39, 0.29) is 18.4 Å². The van der Waals surface area contributed by atoms with Crippen molar-refractivity contribution in [3.8, 4) is 0 Å². The van der Waals surface area contributed by atoms with Gasteiger partial charge >= 0.3 is 0 Å². The van der Waals surface area contributed by atoms with Gasteiger partial charge in [0.2, 0.25) is 11.8 Å². The molecular weight excluding hydrogens is 347 g/mol. The maximum Gasteiger partial charge on any atom is 0.242 e. The molecule has 24 heavy (non-hydrogen) atoms. The maximum absolute atomic E-state index is 12.5. The van der Waals surface area contributed by atoms with Crippen molar-refractivity contribution in [3.63, 3.8) is 0 Å². The average Bonchev–Trinajstić information content (AvgIpc) is 2.56.